The first-order valence-electron chi connectivity index (χ1n) is 6.86. The number of nitrogens with one attached hydrogen (secondary N) is 1. The molecule has 2 atom stereocenters. The molecule has 0 spiro atoms. The van der Waals surface area contributed by atoms with Crippen LogP contribution < -0.4 is 10.1 Å². The van der Waals surface area contributed by atoms with Crippen molar-refractivity contribution in [2.45, 2.75) is 52.3 Å². The maximum atomic E-state index is 12.0. The molecular formula is C16H25NO3. The third-order valence-corrected chi connectivity index (χ3v) is 2.87. The number of hydrogen-bond donors (Lipinski definition) is 1. The van der Waals surface area contributed by atoms with Crippen LogP contribution in [0.2, 0.25) is 0 Å². The molecule has 112 valence electrons. The maximum Gasteiger partial charge on any atom is 0.323 e. The van der Waals surface area contributed by atoms with E-state index in [9.17, 15) is 4.79 Å². The second-order valence-corrected chi connectivity index (χ2v) is 5.89. The Morgan fingerprint density at radius 2 is 1.80 bits per heavy atom. The van der Waals surface area contributed by atoms with E-state index in [-0.39, 0.29) is 18.1 Å². The van der Waals surface area contributed by atoms with Crippen molar-refractivity contribution >= 4 is 5.97 Å². The topological polar surface area (TPSA) is 47.6 Å². The van der Waals surface area contributed by atoms with Gasteiger partial charge in [-0.25, -0.2) is 0 Å². The maximum absolute atomic E-state index is 12.0. The molecule has 0 saturated heterocycles. The van der Waals surface area contributed by atoms with Crippen LogP contribution in [0.5, 0.6) is 5.75 Å². The van der Waals surface area contributed by atoms with E-state index in [1.165, 1.54) is 0 Å². The molecule has 0 saturated carbocycles. The minimum atomic E-state index is -0.472. The smallest absolute Gasteiger partial charge is 0.323 e. The van der Waals surface area contributed by atoms with E-state index in [1.807, 2.05) is 52.0 Å². The number of carbonyl (C=O) groups excluding carboxylic acids is 1. The summed E-state index contributed by atoms with van der Waals surface area (Å²) in [5.74, 6) is 0.558. The Morgan fingerprint density at radius 3 is 2.35 bits per heavy atom. The zero-order valence-electron chi connectivity index (χ0n) is 13.2. The molecule has 0 aliphatic heterocycles. The highest BCUT2D eigenvalue weighted by Gasteiger charge is 2.23. The van der Waals surface area contributed by atoms with E-state index in [2.05, 4.69) is 5.32 Å². The Balaban J connectivity index is 2.70. The number of methoxy groups -OCH3 is 1. The number of benzene rings is 1. The van der Waals surface area contributed by atoms with Crippen LogP contribution in [0.1, 0.15) is 46.2 Å². The lowest BCUT2D eigenvalue weighted by atomic mass is 10.1. The number of esters is 1. The second kappa shape index (κ2) is 6.75. The van der Waals surface area contributed by atoms with Gasteiger partial charge in [0, 0.05) is 11.6 Å². The van der Waals surface area contributed by atoms with Crippen LogP contribution in [0.4, 0.5) is 0 Å². The third-order valence-electron chi connectivity index (χ3n) is 2.87. The Hall–Kier alpha value is -1.55. The molecule has 0 fully saturated rings. The van der Waals surface area contributed by atoms with Crippen LogP contribution in [0.3, 0.4) is 0 Å². The van der Waals surface area contributed by atoms with Crippen LogP contribution in [-0.4, -0.2) is 24.7 Å². The lowest BCUT2D eigenvalue weighted by Crippen LogP contribution is -2.40. The van der Waals surface area contributed by atoms with Crippen molar-refractivity contribution in [3.63, 3.8) is 0 Å². The number of carbonyl (C=O) groups is 1. The van der Waals surface area contributed by atoms with Gasteiger partial charge in [-0.1, -0.05) is 18.2 Å². The first-order valence-corrected chi connectivity index (χ1v) is 6.86. The molecular weight excluding hydrogens is 254 g/mol. The number of hydrogen-bond acceptors (Lipinski definition) is 4. The summed E-state index contributed by atoms with van der Waals surface area (Å²) in [4.78, 5) is 12.0. The van der Waals surface area contributed by atoms with Gasteiger partial charge >= 0.3 is 5.97 Å². The predicted octanol–water partition coefficient (Wildman–Crippen LogP) is 3.08. The Morgan fingerprint density at radius 1 is 1.20 bits per heavy atom. The summed E-state index contributed by atoms with van der Waals surface area (Å²) in [6.45, 7) is 9.39. The molecule has 0 amide bonds. The molecule has 0 radical (unpaired) electrons. The molecule has 1 unspecified atom stereocenters. The van der Waals surface area contributed by atoms with Crippen molar-refractivity contribution < 1.29 is 14.3 Å². The quantitative estimate of drug-likeness (QED) is 0.841. The van der Waals surface area contributed by atoms with E-state index in [1.54, 1.807) is 14.0 Å². The largest absolute Gasteiger partial charge is 0.496 e. The summed E-state index contributed by atoms with van der Waals surface area (Å²) in [6, 6.07) is 7.38. The fourth-order valence-corrected chi connectivity index (χ4v) is 1.95. The molecule has 4 nitrogen and oxygen atoms in total. The fourth-order valence-electron chi connectivity index (χ4n) is 1.95. The number of para-hydroxylation sites is 1. The van der Waals surface area contributed by atoms with Gasteiger partial charge in [-0.3, -0.25) is 10.1 Å². The first kappa shape index (κ1) is 16.5. The molecule has 0 aliphatic rings. The molecule has 1 rings (SSSR count). The lowest BCUT2D eigenvalue weighted by molar-refractivity contribution is -0.157. The number of rotatable bonds is 5. The normalized spacial score (nSPS) is 14.5. The molecule has 0 aliphatic carbocycles. The van der Waals surface area contributed by atoms with E-state index in [0.29, 0.717) is 0 Å². The van der Waals surface area contributed by atoms with Gasteiger partial charge in [-0.2, -0.15) is 0 Å². The summed E-state index contributed by atoms with van der Waals surface area (Å²) in [5, 5.41) is 3.24. The summed E-state index contributed by atoms with van der Waals surface area (Å²) in [5.41, 5.74) is 0.547. The van der Waals surface area contributed by atoms with Gasteiger partial charge in [0.15, 0.2) is 0 Å². The van der Waals surface area contributed by atoms with Crippen LogP contribution in [0.15, 0.2) is 24.3 Å². The highest BCUT2D eigenvalue weighted by Crippen LogP contribution is 2.24. The zero-order valence-corrected chi connectivity index (χ0v) is 13.2. The van der Waals surface area contributed by atoms with E-state index < -0.39 is 5.60 Å². The first-order chi connectivity index (χ1) is 9.24. The van der Waals surface area contributed by atoms with Gasteiger partial charge in [-0.05, 0) is 40.7 Å². The Bertz CT molecular complexity index is 451. The van der Waals surface area contributed by atoms with Crippen molar-refractivity contribution in [3.05, 3.63) is 29.8 Å². The van der Waals surface area contributed by atoms with Gasteiger partial charge in [0.1, 0.15) is 17.4 Å². The highest BCUT2D eigenvalue weighted by atomic mass is 16.6. The SMILES string of the molecule is COc1ccccc1[C@H](C)NC(C)C(=O)OC(C)(C)C. The summed E-state index contributed by atoms with van der Waals surface area (Å²) in [6.07, 6.45) is 0. The number of ether oxygens (including phenoxy) is 2. The van der Waals surface area contributed by atoms with Crippen LogP contribution in [-0.2, 0) is 9.53 Å². The Kier molecular flexibility index (Phi) is 5.57. The van der Waals surface area contributed by atoms with Crippen LogP contribution >= 0.6 is 0 Å². The highest BCUT2D eigenvalue weighted by molar-refractivity contribution is 5.75. The van der Waals surface area contributed by atoms with Gasteiger partial charge < -0.3 is 9.47 Å². The fraction of sp³-hybridized carbons (Fsp3) is 0.562. The van der Waals surface area contributed by atoms with Crippen LogP contribution in [0, 0.1) is 0 Å². The molecule has 0 bridgehead atoms. The zero-order chi connectivity index (χ0) is 15.3. The van der Waals surface area contributed by atoms with Crippen molar-refractivity contribution in [1.82, 2.24) is 5.32 Å². The second-order valence-electron chi connectivity index (χ2n) is 5.89. The summed E-state index contributed by atoms with van der Waals surface area (Å²) >= 11 is 0. The van der Waals surface area contributed by atoms with Crippen molar-refractivity contribution in [1.29, 1.82) is 0 Å². The molecule has 1 aromatic carbocycles. The van der Waals surface area contributed by atoms with Gasteiger partial charge in [0.05, 0.1) is 7.11 Å². The summed E-state index contributed by atoms with van der Waals surface area (Å²) in [7, 11) is 1.64. The van der Waals surface area contributed by atoms with E-state index in [4.69, 9.17) is 9.47 Å². The van der Waals surface area contributed by atoms with Gasteiger partial charge in [-0.15, -0.1) is 0 Å². The molecule has 20 heavy (non-hydrogen) atoms. The summed E-state index contributed by atoms with van der Waals surface area (Å²) < 4.78 is 10.7. The molecule has 0 aromatic heterocycles. The van der Waals surface area contributed by atoms with Crippen molar-refractivity contribution in [2.24, 2.45) is 0 Å². The molecule has 4 heteroatoms. The average Bonchev–Trinajstić information content (AvgIpc) is 2.36. The molecule has 1 aromatic rings. The minimum absolute atomic E-state index is 0.00586. The minimum Gasteiger partial charge on any atom is -0.496 e. The standard InChI is InChI=1S/C16H25NO3/c1-11(13-9-7-8-10-14(13)19-6)17-12(2)15(18)20-16(3,4)5/h7-12,17H,1-6H3/t11-,12?/m0/s1. The molecule has 0 heterocycles. The predicted molar refractivity (Wildman–Crippen MR) is 79.9 cm³/mol. The van der Waals surface area contributed by atoms with E-state index in [0.717, 1.165) is 11.3 Å². The Labute approximate surface area is 121 Å². The van der Waals surface area contributed by atoms with Crippen molar-refractivity contribution in [2.75, 3.05) is 7.11 Å². The van der Waals surface area contributed by atoms with Gasteiger partial charge in [0.2, 0.25) is 0 Å². The average molecular weight is 279 g/mol. The van der Waals surface area contributed by atoms with Crippen molar-refractivity contribution in [3.8, 4) is 5.75 Å². The molecule has 1 N–H and O–H groups in total. The van der Waals surface area contributed by atoms with Crippen LogP contribution in [0.25, 0.3) is 0 Å². The van der Waals surface area contributed by atoms with E-state index >= 15 is 0 Å². The monoisotopic (exact) mass is 279 g/mol. The van der Waals surface area contributed by atoms with Gasteiger partial charge in [0.25, 0.3) is 0 Å². The lowest BCUT2D eigenvalue weighted by Gasteiger charge is -2.25. The third kappa shape index (κ3) is 4.85.